The third-order valence-electron chi connectivity index (χ3n) is 3.91. The molecule has 25 heavy (non-hydrogen) atoms. The van der Waals surface area contributed by atoms with Gasteiger partial charge in [-0.25, -0.2) is 4.79 Å². The molecule has 1 fully saturated rings. The van der Waals surface area contributed by atoms with Crippen LogP contribution in [0.1, 0.15) is 12.5 Å². The van der Waals surface area contributed by atoms with E-state index in [0.29, 0.717) is 18.8 Å². The highest BCUT2D eigenvalue weighted by atomic mass is 16.5. The molecule has 0 spiro atoms. The van der Waals surface area contributed by atoms with Crippen LogP contribution in [0.4, 0.5) is 10.5 Å². The molecule has 1 aromatic heterocycles. The molecule has 0 radical (unpaired) electrons. The molecule has 0 saturated carbocycles. The number of aromatic nitrogens is 1. The molecule has 2 heterocycles. The Bertz CT molecular complexity index is 779. The van der Waals surface area contributed by atoms with Gasteiger partial charge in [-0.05, 0) is 49.7 Å². The summed E-state index contributed by atoms with van der Waals surface area (Å²) in [6.45, 7) is 4.57. The summed E-state index contributed by atoms with van der Waals surface area (Å²) < 4.78 is 5.79. The lowest BCUT2D eigenvalue weighted by Crippen LogP contribution is -2.43. The quantitative estimate of drug-likeness (QED) is 0.874. The molecule has 0 aliphatic carbocycles. The number of imide groups is 1. The molecule has 2 aromatic rings. The number of pyridine rings is 1. The molecule has 130 valence electrons. The van der Waals surface area contributed by atoms with Gasteiger partial charge < -0.3 is 15.4 Å². The number of hydrogen-bond acceptors (Lipinski definition) is 5. The lowest BCUT2D eigenvalue weighted by Gasteiger charge is -2.20. The van der Waals surface area contributed by atoms with E-state index in [1.165, 1.54) is 4.90 Å². The predicted molar refractivity (Wildman–Crippen MR) is 93.7 cm³/mol. The highest BCUT2D eigenvalue weighted by Crippen LogP contribution is 2.27. The molecule has 1 atom stereocenters. The molecule has 3 rings (SSSR count). The molecule has 3 amide bonds. The minimum Gasteiger partial charge on any atom is -0.455 e. The Morgan fingerprint density at radius 3 is 2.88 bits per heavy atom. The van der Waals surface area contributed by atoms with Gasteiger partial charge in [0.2, 0.25) is 0 Å². The minimum atomic E-state index is -0.506. The van der Waals surface area contributed by atoms with Gasteiger partial charge in [-0.3, -0.25) is 14.7 Å². The van der Waals surface area contributed by atoms with Crippen molar-refractivity contribution in [3.05, 3.63) is 48.3 Å². The molecule has 1 aliphatic heterocycles. The van der Waals surface area contributed by atoms with E-state index in [1.54, 1.807) is 19.3 Å². The van der Waals surface area contributed by atoms with Gasteiger partial charge >= 0.3 is 6.03 Å². The van der Waals surface area contributed by atoms with Crippen molar-refractivity contribution in [1.82, 2.24) is 15.2 Å². The van der Waals surface area contributed by atoms with E-state index in [1.807, 2.05) is 37.3 Å². The number of benzene rings is 1. The third kappa shape index (κ3) is 3.88. The molecule has 1 saturated heterocycles. The molecule has 7 heteroatoms. The Balaban J connectivity index is 1.66. The smallest absolute Gasteiger partial charge is 0.324 e. The Hall–Kier alpha value is -3.09. The highest BCUT2D eigenvalue weighted by Gasteiger charge is 2.29. The molecule has 1 aromatic carbocycles. The number of aryl methyl sites for hydroxylation is 1. The molecule has 1 aliphatic rings. The van der Waals surface area contributed by atoms with Crippen molar-refractivity contribution in [2.75, 3.05) is 18.4 Å². The van der Waals surface area contributed by atoms with Crippen LogP contribution in [0.3, 0.4) is 0 Å². The van der Waals surface area contributed by atoms with Crippen molar-refractivity contribution < 1.29 is 14.3 Å². The van der Waals surface area contributed by atoms with Crippen LogP contribution in [0.5, 0.6) is 11.5 Å². The van der Waals surface area contributed by atoms with Crippen LogP contribution in [-0.4, -0.2) is 41.0 Å². The number of urea groups is 1. The molecule has 1 unspecified atom stereocenters. The number of hydrogen-bond donors (Lipinski definition) is 2. The SMILES string of the molecule is Cc1cc(NC(C)C(=O)N2CCNC2=O)ccc1Oc1cccnc1. The first kappa shape index (κ1) is 16.8. The van der Waals surface area contributed by atoms with Crippen molar-refractivity contribution in [2.45, 2.75) is 19.9 Å². The molecule has 2 N–H and O–H groups in total. The maximum absolute atomic E-state index is 12.3. The molecular weight excluding hydrogens is 320 g/mol. The van der Waals surface area contributed by atoms with Crippen molar-refractivity contribution in [3.63, 3.8) is 0 Å². The number of amides is 3. The van der Waals surface area contributed by atoms with Gasteiger partial charge in [-0.2, -0.15) is 0 Å². The predicted octanol–water partition coefficient (Wildman–Crippen LogP) is 2.53. The number of nitrogens with zero attached hydrogens (tertiary/aromatic N) is 2. The second-order valence-corrected chi connectivity index (χ2v) is 5.86. The van der Waals surface area contributed by atoms with Gasteiger partial charge in [-0.15, -0.1) is 0 Å². The summed E-state index contributed by atoms with van der Waals surface area (Å²) in [6, 6.07) is 8.38. The number of carbonyl (C=O) groups is 2. The van der Waals surface area contributed by atoms with Gasteiger partial charge in [0.15, 0.2) is 0 Å². The van der Waals surface area contributed by atoms with E-state index < -0.39 is 6.04 Å². The minimum absolute atomic E-state index is 0.247. The van der Waals surface area contributed by atoms with Crippen LogP contribution in [-0.2, 0) is 4.79 Å². The van der Waals surface area contributed by atoms with Gasteiger partial charge in [-0.1, -0.05) is 0 Å². The van der Waals surface area contributed by atoms with Crippen molar-refractivity contribution in [3.8, 4) is 11.5 Å². The fourth-order valence-electron chi connectivity index (χ4n) is 2.62. The summed E-state index contributed by atoms with van der Waals surface area (Å²) in [6.07, 6.45) is 3.33. The third-order valence-corrected chi connectivity index (χ3v) is 3.91. The van der Waals surface area contributed by atoms with Gasteiger partial charge in [0.25, 0.3) is 5.91 Å². The summed E-state index contributed by atoms with van der Waals surface area (Å²) in [4.78, 5) is 29.2. The van der Waals surface area contributed by atoms with E-state index in [2.05, 4.69) is 15.6 Å². The second kappa shape index (κ2) is 7.21. The fourth-order valence-corrected chi connectivity index (χ4v) is 2.62. The fraction of sp³-hybridized carbons (Fsp3) is 0.278. The number of nitrogens with one attached hydrogen (secondary N) is 2. The van der Waals surface area contributed by atoms with Gasteiger partial charge in [0.1, 0.15) is 17.5 Å². The van der Waals surface area contributed by atoms with E-state index >= 15 is 0 Å². The van der Waals surface area contributed by atoms with Crippen molar-refractivity contribution in [1.29, 1.82) is 0 Å². The molecular formula is C18H20N4O3. The summed E-state index contributed by atoms with van der Waals surface area (Å²) in [7, 11) is 0. The number of carbonyl (C=O) groups excluding carboxylic acids is 2. The summed E-state index contributed by atoms with van der Waals surface area (Å²) in [5.41, 5.74) is 1.71. The lowest BCUT2D eigenvalue weighted by molar-refractivity contribution is -0.128. The van der Waals surface area contributed by atoms with Crippen LogP contribution in [0.2, 0.25) is 0 Å². The van der Waals surface area contributed by atoms with Crippen LogP contribution >= 0.6 is 0 Å². The maximum Gasteiger partial charge on any atom is 0.324 e. The molecule has 0 bridgehead atoms. The lowest BCUT2D eigenvalue weighted by atomic mass is 10.2. The maximum atomic E-state index is 12.3. The Morgan fingerprint density at radius 2 is 2.24 bits per heavy atom. The van der Waals surface area contributed by atoms with Crippen LogP contribution in [0, 0.1) is 6.92 Å². The van der Waals surface area contributed by atoms with Crippen molar-refractivity contribution >= 4 is 17.6 Å². The first-order valence-corrected chi connectivity index (χ1v) is 8.09. The number of anilines is 1. The van der Waals surface area contributed by atoms with Crippen LogP contribution < -0.4 is 15.4 Å². The summed E-state index contributed by atoms with van der Waals surface area (Å²) >= 11 is 0. The van der Waals surface area contributed by atoms with Crippen LogP contribution in [0.15, 0.2) is 42.7 Å². The topological polar surface area (TPSA) is 83.6 Å². The normalized spacial score (nSPS) is 14.8. The van der Waals surface area contributed by atoms with Gasteiger partial charge in [0.05, 0.1) is 6.20 Å². The standard InChI is InChI=1S/C18H20N4O3/c1-12-10-14(5-6-16(12)25-15-4-3-7-19-11-15)21-13(2)17(23)22-9-8-20-18(22)24/h3-7,10-11,13,21H,8-9H2,1-2H3,(H,20,24). The van der Waals surface area contributed by atoms with Crippen molar-refractivity contribution in [2.24, 2.45) is 0 Å². The zero-order valence-corrected chi connectivity index (χ0v) is 14.2. The van der Waals surface area contributed by atoms with Gasteiger partial charge in [0, 0.05) is 25.0 Å². The number of rotatable bonds is 5. The molecule has 7 nitrogen and oxygen atoms in total. The largest absolute Gasteiger partial charge is 0.455 e. The average molecular weight is 340 g/mol. The zero-order valence-electron chi connectivity index (χ0n) is 14.2. The zero-order chi connectivity index (χ0) is 17.8. The van der Waals surface area contributed by atoms with E-state index in [-0.39, 0.29) is 11.9 Å². The Morgan fingerprint density at radius 1 is 1.40 bits per heavy atom. The van der Waals surface area contributed by atoms with Crippen LogP contribution in [0.25, 0.3) is 0 Å². The van der Waals surface area contributed by atoms with E-state index in [9.17, 15) is 9.59 Å². The second-order valence-electron chi connectivity index (χ2n) is 5.86. The first-order valence-electron chi connectivity index (χ1n) is 8.09. The van der Waals surface area contributed by atoms with E-state index in [0.717, 1.165) is 17.0 Å². The monoisotopic (exact) mass is 340 g/mol. The summed E-state index contributed by atoms with van der Waals surface area (Å²) in [5.74, 6) is 1.13. The first-order chi connectivity index (χ1) is 12.0. The Kier molecular flexibility index (Phi) is 4.83. The summed E-state index contributed by atoms with van der Waals surface area (Å²) in [5, 5.41) is 5.76. The average Bonchev–Trinajstić information content (AvgIpc) is 3.03. The Labute approximate surface area is 146 Å². The van der Waals surface area contributed by atoms with E-state index in [4.69, 9.17) is 4.74 Å². The highest BCUT2D eigenvalue weighted by molar-refractivity contribution is 5.99. The number of ether oxygens (including phenoxy) is 1.